The van der Waals surface area contributed by atoms with E-state index in [-0.39, 0.29) is 6.04 Å². The molecule has 1 aromatic rings. The highest BCUT2D eigenvalue weighted by molar-refractivity contribution is 6.36. The lowest BCUT2D eigenvalue weighted by Gasteiger charge is -2.46. The van der Waals surface area contributed by atoms with Gasteiger partial charge in [0.15, 0.2) is 0 Å². The molecule has 2 aliphatic rings. The fourth-order valence-electron chi connectivity index (χ4n) is 3.74. The quantitative estimate of drug-likeness (QED) is 0.925. The Kier molecular flexibility index (Phi) is 5.07. The van der Waals surface area contributed by atoms with Crippen LogP contribution in [0.4, 0.5) is 0 Å². The largest absolute Gasteiger partial charge is 0.329 e. The van der Waals surface area contributed by atoms with Crippen LogP contribution in [0, 0.1) is 0 Å². The maximum Gasteiger partial charge on any atom is 0.0501 e. The van der Waals surface area contributed by atoms with Gasteiger partial charge in [0, 0.05) is 47.8 Å². The van der Waals surface area contributed by atoms with E-state index in [0.29, 0.717) is 12.6 Å². The highest BCUT2D eigenvalue weighted by atomic mass is 35.5. The summed E-state index contributed by atoms with van der Waals surface area (Å²) in [5, 5.41) is 1.45. The molecule has 2 heterocycles. The number of hydrogen-bond donors (Lipinski definition) is 1. The van der Waals surface area contributed by atoms with Gasteiger partial charge in [0.25, 0.3) is 0 Å². The van der Waals surface area contributed by atoms with E-state index in [1.165, 1.54) is 25.8 Å². The van der Waals surface area contributed by atoms with Crippen LogP contribution >= 0.6 is 23.2 Å². The molecule has 2 N–H and O–H groups in total. The van der Waals surface area contributed by atoms with E-state index in [4.69, 9.17) is 28.9 Å². The van der Waals surface area contributed by atoms with Gasteiger partial charge in [0.05, 0.1) is 6.04 Å². The van der Waals surface area contributed by atoms with Crippen LogP contribution in [-0.2, 0) is 0 Å². The SMILES string of the molecule is NCC(c1c(Cl)cccc1Cl)N1CCN2CCCCC2C1. The molecule has 2 aliphatic heterocycles. The summed E-state index contributed by atoms with van der Waals surface area (Å²) in [4.78, 5) is 5.10. The van der Waals surface area contributed by atoms with Crippen molar-refractivity contribution >= 4 is 23.2 Å². The Morgan fingerprint density at radius 2 is 1.90 bits per heavy atom. The van der Waals surface area contributed by atoms with Gasteiger partial charge in [0.1, 0.15) is 0 Å². The molecule has 2 atom stereocenters. The molecule has 1 aromatic carbocycles. The number of rotatable bonds is 3. The summed E-state index contributed by atoms with van der Waals surface area (Å²) < 4.78 is 0. The van der Waals surface area contributed by atoms with Crippen LogP contribution in [-0.4, -0.2) is 48.6 Å². The minimum atomic E-state index is 0.121. The number of nitrogens with two attached hydrogens (primary N) is 1. The number of benzene rings is 1. The normalized spacial score (nSPS) is 25.6. The van der Waals surface area contributed by atoms with Crippen LogP contribution in [0.5, 0.6) is 0 Å². The highest BCUT2D eigenvalue weighted by Gasteiger charge is 2.33. The third kappa shape index (κ3) is 3.22. The molecule has 116 valence electrons. The van der Waals surface area contributed by atoms with Crippen LogP contribution in [0.2, 0.25) is 10.0 Å². The lowest BCUT2D eigenvalue weighted by Crippen LogP contribution is -2.56. The second-order valence-corrected chi connectivity index (χ2v) is 6.88. The zero-order chi connectivity index (χ0) is 14.8. The molecule has 0 bridgehead atoms. The Morgan fingerprint density at radius 3 is 2.62 bits per heavy atom. The van der Waals surface area contributed by atoms with Gasteiger partial charge in [-0.25, -0.2) is 0 Å². The van der Waals surface area contributed by atoms with Crippen molar-refractivity contribution in [1.29, 1.82) is 0 Å². The van der Waals surface area contributed by atoms with E-state index in [9.17, 15) is 0 Å². The van der Waals surface area contributed by atoms with Crippen LogP contribution < -0.4 is 5.73 Å². The molecule has 0 saturated carbocycles. The molecule has 0 radical (unpaired) electrons. The molecule has 2 saturated heterocycles. The lowest BCUT2D eigenvalue weighted by atomic mass is 9.96. The van der Waals surface area contributed by atoms with Crippen molar-refractivity contribution in [2.24, 2.45) is 5.73 Å². The van der Waals surface area contributed by atoms with Crippen LogP contribution in [0.15, 0.2) is 18.2 Å². The first kappa shape index (κ1) is 15.6. The molecule has 0 aromatic heterocycles. The number of halogens is 2. The Labute approximate surface area is 137 Å². The highest BCUT2D eigenvalue weighted by Crippen LogP contribution is 2.35. The van der Waals surface area contributed by atoms with Gasteiger partial charge in [-0.1, -0.05) is 35.7 Å². The van der Waals surface area contributed by atoms with Crippen molar-refractivity contribution in [3.63, 3.8) is 0 Å². The number of piperazine rings is 1. The summed E-state index contributed by atoms with van der Waals surface area (Å²) >= 11 is 12.8. The van der Waals surface area contributed by atoms with Crippen molar-refractivity contribution in [3.8, 4) is 0 Å². The van der Waals surface area contributed by atoms with Gasteiger partial charge >= 0.3 is 0 Å². The molecule has 3 nitrogen and oxygen atoms in total. The van der Waals surface area contributed by atoms with E-state index < -0.39 is 0 Å². The molecular weight excluding hydrogens is 305 g/mol. The van der Waals surface area contributed by atoms with Crippen molar-refractivity contribution in [1.82, 2.24) is 9.80 Å². The number of fused-ring (bicyclic) bond motifs is 1. The van der Waals surface area contributed by atoms with Crippen molar-refractivity contribution in [2.75, 3.05) is 32.7 Å². The zero-order valence-electron chi connectivity index (χ0n) is 12.3. The predicted molar refractivity (Wildman–Crippen MR) is 89.0 cm³/mol. The van der Waals surface area contributed by atoms with Crippen LogP contribution in [0.25, 0.3) is 0 Å². The van der Waals surface area contributed by atoms with Gasteiger partial charge in [-0.2, -0.15) is 0 Å². The molecule has 2 fully saturated rings. The monoisotopic (exact) mass is 327 g/mol. The average molecular weight is 328 g/mol. The number of piperidine rings is 1. The van der Waals surface area contributed by atoms with Gasteiger partial charge in [0.2, 0.25) is 0 Å². The predicted octanol–water partition coefficient (Wildman–Crippen LogP) is 3.16. The fourth-order valence-corrected chi connectivity index (χ4v) is 4.39. The Bertz CT molecular complexity index is 474. The smallest absolute Gasteiger partial charge is 0.0501 e. The van der Waals surface area contributed by atoms with Gasteiger partial charge in [-0.3, -0.25) is 9.80 Å². The first-order valence-corrected chi connectivity index (χ1v) is 8.58. The molecular formula is C16H23Cl2N3. The van der Waals surface area contributed by atoms with E-state index in [1.807, 2.05) is 18.2 Å². The Morgan fingerprint density at radius 1 is 1.14 bits per heavy atom. The van der Waals surface area contributed by atoms with Crippen molar-refractivity contribution < 1.29 is 0 Å². The molecule has 2 unspecified atom stereocenters. The second-order valence-electron chi connectivity index (χ2n) is 6.07. The maximum atomic E-state index is 6.38. The zero-order valence-corrected chi connectivity index (χ0v) is 13.8. The second kappa shape index (κ2) is 6.84. The first-order valence-electron chi connectivity index (χ1n) is 7.82. The fraction of sp³-hybridized carbons (Fsp3) is 0.625. The van der Waals surface area contributed by atoms with Gasteiger partial charge < -0.3 is 5.73 Å². The summed E-state index contributed by atoms with van der Waals surface area (Å²) in [5.74, 6) is 0. The maximum absolute atomic E-state index is 6.38. The Hall–Kier alpha value is -0.320. The summed E-state index contributed by atoms with van der Waals surface area (Å²) in [5.41, 5.74) is 7.06. The molecule has 3 rings (SSSR count). The van der Waals surface area contributed by atoms with Crippen LogP contribution in [0.1, 0.15) is 30.9 Å². The topological polar surface area (TPSA) is 32.5 Å². The van der Waals surface area contributed by atoms with Gasteiger partial charge in [-0.05, 0) is 31.5 Å². The molecule has 0 aliphatic carbocycles. The van der Waals surface area contributed by atoms with E-state index in [2.05, 4.69) is 9.80 Å². The lowest BCUT2D eigenvalue weighted by molar-refractivity contribution is 0.0286. The van der Waals surface area contributed by atoms with E-state index >= 15 is 0 Å². The van der Waals surface area contributed by atoms with Crippen molar-refractivity contribution in [2.45, 2.75) is 31.3 Å². The summed E-state index contributed by atoms with van der Waals surface area (Å²) in [6, 6.07) is 6.49. The third-order valence-electron chi connectivity index (χ3n) is 4.87. The molecule has 5 heteroatoms. The molecule has 0 amide bonds. The minimum absolute atomic E-state index is 0.121. The first-order chi connectivity index (χ1) is 10.2. The van der Waals surface area contributed by atoms with Gasteiger partial charge in [-0.15, -0.1) is 0 Å². The summed E-state index contributed by atoms with van der Waals surface area (Å²) in [6.45, 7) is 5.04. The minimum Gasteiger partial charge on any atom is -0.329 e. The third-order valence-corrected chi connectivity index (χ3v) is 5.52. The number of nitrogens with zero attached hydrogens (tertiary/aromatic N) is 2. The van der Waals surface area contributed by atoms with E-state index in [0.717, 1.165) is 35.2 Å². The average Bonchev–Trinajstić information content (AvgIpc) is 2.50. The molecule has 21 heavy (non-hydrogen) atoms. The van der Waals surface area contributed by atoms with E-state index in [1.54, 1.807) is 0 Å². The van der Waals surface area contributed by atoms with Crippen molar-refractivity contribution in [3.05, 3.63) is 33.8 Å². The van der Waals surface area contributed by atoms with Crippen LogP contribution in [0.3, 0.4) is 0 Å². The Balaban J connectivity index is 1.80. The summed E-state index contributed by atoms with van der Waals surface area (Å²) in [7, 11) is 0. The standard InChI is InChI=1S/C16H23Cl2N3/c17-13-5-3-6-14(18)16(13)15(10-19)21-9-8-20-7-2-1-4-12(20)11-21/h3,5-6,12,15H,1-2,4,7-11,19H2. The molecule has 0 spiro atoms. The summed E-state index contributed by atoms with van der Waals surface area (Å²) in [6.07, 6.45) is 3.98. The number of hydrogen-bond acceptors (Lipinski definition) is 3.